The summed E-state index contributed by atoms with van der Waals surface area (Å²) in [5.41, 5.74) is 0.847. The standard InChI is InChI=1S/2C6H10O2.C4H4O4/c2*1-3-4-5(2)6(7)8;5-3(6)1-2-4(7)8/h2*4H,3H2,1-2H3,(H,7,8);1-2H,(H,5,6)(H,7,8). The molecule has 0 bridgehead atoms. The first-order chi connectivity index (χ1) is 11.0. The van der Waals surface area contributed by atoms with Gasteiger partial charge in [-0.05, 0) is 26.7 Å². The smallest absolute Gasteiger partial charge is 0.330 e. The lowest BCUT2D eigenvalue weighted by Gasteiger charge is -1.87. The Balaban J connectivity index is -0.000000276. The number of rotatable bonds is 6. The van der Waals surface area contributed by atoms with Crippen molar-refractivity contribution in [3.05, 3.63) is 35.5 Å². The third-order valence-electron chi connectivity index (χ3n) is 2.06. The molecule has 0 aromatic heterocycles. The number of hydrogen-bond donors (Lipinski definition) is 4. The summed E-state index contributed by atoms with van der Waals surface area (Å²) in [6, 6.07) is 0. The summed E-state index contributed by atoms with van der Waals surface area (Å²) in [4.78, 5) is 39.1. The molecule has 0 amide bonds. The molecular formula is C16H24O8. The summed E-state index contributed by atoms with van der Waals surface area (Å²) in [6.07, 6.45) is 6.06. The van der Waals surface area contributed by atoms with Crippen LogP contribution < -0.4 is 0 Å². The van der Waals surface area contributed by atoms with Crippen molar-refractivity contribution in [1.29, 1.82) is 0 Å². The van der Waals surface area contributed by atoms with E-state index in [2.05, 4.69) is 0 Å². The summed E-state index contributed by atoms with van der Waals surface area (Å²) in [5.74, 6) is -4.17. The van der Waals surface area contributed by atoms with Gasteiger partial charge in [-0.2, -0.15) is 0 Å². The van der Waals surface area contributed by atoms with Gasteiger partial charge in [-0.15, -0.1) is 0 Å². The molecule has 0 aliphatic carbocycles. The van der Waals surface area contributed by atoms with E-state index in [0.717, 1.165) is 12.8 Å². The first-order valence-corrected chi connectivity index (χ1v) is 6.93. The van der Waals surface area contributed by atoms with Crippen molar-refractivity contribution in [3.63, 3.8) is 0 Å². The molecule has 0 heterocycles. The predicted octanol–water partition coefficient (Wildman–Crippen LogP) is 2.57. The Labute approximate surface area is 140 Å². The van der Waals surface area contributed by atoms with Crippen molar-refractivity contribution in [3.8, 4) is 0 Å². The van der Waals surface area contributed by atoms with Crippen LogP contribution in [0, 0.1) is 0 Å². The maximum absolute atomic E-state index is 10.0. The summed E-state index contributed by atoms with van der Waals surface area (Å²) in [6.45, 7) is 7.00. The molecule has 0 aliphatic heterocycles. The first kappa shape index (κ1) is 26.0. The summed E-state index contributed by atoms with van der Waals surface area (Å²) in [5, 5.41) is 32.1. The molecule has 0 aromatic rings. The molecule has 0 unspecified atom stereocenters. The van der Waals surface area contributed by atoms with Gasteiger partial charge in [0.05, 0.1) is 0 Å². The fourth-order valence-corrected chi connectivity index (χ4v) is 0.930. The van der Waals surface area contributed by atoms with Crippen molar-refractivity contribution in [2.45, 2.75) is 40.5 Å². The molecule has 8 heteroatoms. The average Bonchev–Trinajstić information content (AvgIpc) is 2.46. The number of allylic oxidation sites excluding steroid dienone is 2. The van der Waals surface area contributed by atoms with Gasteiger partial charge in [0.1, 0.15) is 0 Å². The van der Waals surface area contributed by atoms with E-state index in [1.807, 2.05) is 13.8 Å². The van der Waals surface area contributed by atoms with Crippen LogP contribution in [0.4, 0.5) is 0 Å². The third kappa shape index (κ3) is 24.1. The Kier molecular flexibility index (Phi) is 17.9. The molecule has 0 saturated carbocycles. The Morgan fingerprint density at radius 1 is 0.667 bits per heavy atom. The van der Waals surface area contributed by atoms with E-state index in [1.165, 1.54) is 0 Å². The van der Waals surface area contributed by atoms with E-state index < -0.39 is 23.9 Å². The van der Waals surface area contributed by atoms with E-state index in [4.69, 9.17) is 20.4 Å². The Hall–Kier alpha value is -2.90. The quantitative estimate of drug-likeness (QED) is 0.537. The van der Waals surface area contributed by atoms with Gasteiger partial charge in [0.15, 0.2) is 0 Å². The highest BCUT2D eigenvalue weighted by Gasteiger charge is 1.95. The van der Waals surface area contributed by atoms with E-state index in [-0.39, 0.29) is 0 Å². The van der Waals surface area contributed by atoms with Crippen LogP contribution >= 0.6 is 0 Å². The van der Waals surface area contributed by atoms with Crippen molar-refractivity contribution in [1.82, 2.24) is 0 Å². The first-order valence-electron chi connectivity index (χ1n) is 6.93. The second-order valence-electron chi connectivity index (χ2n) is 4.21. The van der Waals surface area contributed by atoms with Gasteiger partial charge < -0.3 is 20.4 Å². The Morgan fingerprint density at radius 2 is 0.917 bits per heavy atom. The number of carbonyl (C=O) groups is 4. The molecule has 0 aliphatic rings. The highest BCUT2D eigenvalue weighted by atomic mass is 16.4. The average molecular weight is 344 g/mol. The Bertz CT molecular complexity index is 466. The minimum atomic E-state index is -1.26. The maximum Gasteiger partial charge on any atom is 0.330 e. The molecule has 0 saturated heterocycles. The van der Waals surface area contributed by atoms with Crippen LogP contribution in [0.1, 0.15) is 40.5 Å². The number of carboxylic acid groups (broad SMARTS) is 4. The fraction of sp³-hybridized carbons (Fsp3) is 0.375. The van der Waals surface area contributed by atoms with Crippen LogP contribution in [0.2, 0.25) is 0 Å². The third-order valence-corrected chi connectivity index (χ3v) is 2.06. The van der Waals surface area contributed by atoms with Gasteiger partial charge in [0.25, 0.3) is 0 Å². The van der Waals surface area contributed by atoms with Gasteiger partial charge in [-0.25, -0.2) is 19.2 Å². The van der Waals surface area contributed by atoms with Crippen molar-refractivity contribution in [2.75, 3.05) is 0 Å². The van der Waals surface area contributed by atoms with Crippen LogP contribution in [0.15, 0.2) is 35.5 Å². The molecule has 0 radical (unpaired) electrons. The van der Waals surface area contributed by atoms with Crippen LogP contribution in [-0.2, 0) is 19.2 Å². The van der Waals surface area contributed by atoms with Gasteiger partial charge in [0, 0.05) is 23.3 Å². The van der Waals surface area contributed by atoms with Crippen LogP contribution in [0.5, 0.6) is 0 Å². The van der Waals surface area contributed by atoms with Crippen molar-refractivity contribution >= 4 is 23.9 Å². The van der Waals surface area contributed by atoms with Crippen molar-refractivity contribution < 1.29 is 39.6 Å². The van der Waals surface area contributed by atoms with E-state index in [9.17, 15) is 19.2 Å². The van der Waals surface area contributed by atoms with E-state index in [1.54, 1.807) is 26.0 Å². The largest absolute Gasteiger partial charge is 0.478 e. The lowest BCUT2D eigenvalue weighted by atomic mass is 10.2. The summed E-state index contributed by atoms with van der Waals surface area (Å²) >= 11 is 0. The monoisotopic (exact) mass is 344 g/mol. The van der Waals surface area contributed by atoms with Gasteiger partial charge in [-0.1, -0.05) is 26.0 Å². The zero-order valence-electron chi connectivity index (χ0n) is 14.1. The molecule has 0 rings (SSSR count). The van der Waals surface area contributed by atoms with Gasteiger partial charge in [0.2, 0.25) is 0 Å². The number of carboxylic acids is 4. The molecule has 0 fully saturated rings. The van der Waals surface area contributed by atoms with Gasteiger partial charge >= 0.3 is 23.9 Å². The fourth-order valence-electron chi connectivity index (χ4n) is 0.930. The normalized spacial score (nSPS) is 10.8. The van der Waals surface area contributed by atoms with Crippen LogP contribution in [-0.4, -0.2) is 44.3 Å². The molecular weight excluding hydrogens is 320 g/mol. The predicted molar refractivity (Wildman–Crippen MR) is 87.8 cm³/mol. The maximum atomic E-state index is 10.0. The Morgan fingerprint density at radius 3 is 1.00 bits per heavy atom. The second-order valence-corrected chi connectivity index (χ2v) is 4.21. The zero-order valence-corrected chi connectivity index (χ0v) is 14.1. The van der Waals surface area contributed by atoms with Crippen molar-refractivity contribution in [2.24, 2.45) is 0 Å². The SMILES string of the molecule is CCC=C(C)C(=O)O.CCC=C(C)C(=O)O.O=C(O)C=CC(=O)O. The minimum absolute atomic E-state index is 0.424. The highest BCUT2D eigenvalue weighted by Crippen LogP contribution is 1.93. The summed E-state index contributed by atoms with van der Waals surface area (Å²) < 4.78 is 0. The number of aliphatic carboxylic acids is 4. The van der Waals surface area contributed by atoms with Gasteiger partial charge in [-0.3, -0.25) is 0 Å². The van der Waals surface area contributed by atoms with E-state index >= 15 is 0 Å². The van der Waals surface area contributed by atoms with Crippen LogP contribution in [0.25, 0.3) is 0 Å². The molecule has 0 aromatic carbocycles. The number of hydrogen-bond acceptors (Lipinski definition) is 4. The minimum Gasteiger partial charge on any atom is -0.478 e. The summed E-state index contributed by atoms with van der Waals surface area (Å²) in [7, 11) is 0. The molecule has 4 N–H and O–H groups in total. The topological polar surface area (TPSA) is 149 Å². The molecule has 8 nitrogen and oxygen atoms in total. The lowest BCUT2D eigenvalue weighted by Crippen LogP contribution is -1.94. The second kappa shape index (κ2) is 16.5. The molecule has 136 valence electrons. The molecule has 24 heavy (non-hydrogen) atoms. The van der Waals surface area contributed by atoms with Crippen LogP contribution in [0.3, 0.4) is 0 Å². The van der Waals surface area contributed by atoms with E-state index in [0.29, 0.717) is 23.3 Å². The molecule has 0 atom stereocenters. The zero-order chi connectivity index (χ0) is 19.7. The highest BCUT2D eigenvalue weighted by molar-refractivity contribution is 5.89. The molecule has 0 spiro atoms. The lowest BCUT2D eigenvalue weighted by molar-refractivity contribution is -0.134.